The maximum absolute atomic E-state index is 13.6. The van der Waals surface area contributed by atoms with Crippen molar-refractivity contribution in [3.05, 3.63) is 95.6 Å². The van der Waals surface area contributed by atoms with E-state index in [9.17, 15) is 14.0 Å². The highest BCUT2D eigenvalue weighted by Gasteiger charge is 2.24. The molecule has 1 heterocycles. The zero-order valence-corrected chi connectivity index (χ0v) is 21.2. The van der Waals surface area contributed by atoms with Crippen molar-refractivity contribution in [1.82, 2.24) is 14.4 Å². The first-order valence-corrected chi connectivity index (χ1v) is 12.2. The van der Waals surface area contributed by atoms with E-state index in [0.29, 0.717) is 26.2 Å². The average Bonchev–Trinajstić information content (AvgIpc) is 3.25. The van der Waals surface area contributed by atoms with E-state index >= 15 is 0 Å². The number of carbonyl (C=O) groups is 2. The van der Waals surface area contributed by atoms with Crippen LogP contribution in [0.2, 0.25) is 0 Å². The molecule has 0 spiro atoms. The molecule has 0 aliphatic carbocycles. The van der Waals surface area contributed by atoms with E-state index < -0.39 is 0 Å². The van der Waals surface area contributed by atoms with Gasteiger partial charge in [-0.3, -0.25) is 9.59 Å². The van der Waals surface area contributed by atoms with E-state index in [2.05, 4.69) is 18.4 Å². The summed E-state index contributed by atoms with van der Waals surface area (Å²) in [6.45, 7) is 9.88. The van der Waals surface area contributed by atoms with Crippen LogP contribution in [0.3, 0.4) is 0 Å². The lowest BCUT2D eigenvalue weighted by Gasteiger charge is -2.30. The molecule has 0 unspecified atom stereocenters. The van der Waals surface area contributed by atoms with Gasteiger partial charge < -0.3 is 14.4 Å². The highest BCUT2D eigenvalue weighted by atomic mass is 19.1. The molecule has 2 amide bonds. The molecule has 0 bridgehead atoms. The van der Waals surface area contributed by atoms with Crippen LogP contribution in [0.1, 0.15) is 44.5 Å². The molecule has 0 radical (unpaired) electrons. The van der Waals surface area contributed by atoms with Crippen molar-refractivity contribution >= 4 is 11.8 Å². The van der Waals surface area contributed by atoms with Gasteiger partial charge in [0, 0.05) is 37.4 Å². The van der Waals surface area contributed by atoms with Gasteiger partial charge in [-0.25, -0.2) is 4.39 Å². The summed E-state index contributed by atoms with van der Waals surface area (Å²) in [7, 11) is 0. The summed E-state index contributed by atoms with van der Waals surface area (Å²) >= 11 is 0. The van der Waals surface area contributed by atoms with Crippen molar-refractivity contribution in [2.24, 2.45) is 11.8 Å². The van der Waals surface area contributed by atoms with Crippen LogP contribution in [0.5, 0.6) is 0 Å². The second-order valence-corrected chi connectivity index (χ2v) is 9.76. The van der Waals surface area contributed by atoms with Crippen LogP contribution < -0.4 is 0 Å². The molecule has 3 aromatic rings. The van der Waals surface area contributed by atoms with E-state index in [1.165, 1.54) is 12.1 Å². The molecule has 1 aromatic heterocycles. The third-order valence-electron chi connectivity index (χ3n) is 5.83. The van der Waals surface area contributed by atoms with Gasteiger partial charge in [-0.05, 0) is 41.3 Å². The van der Waals surface area contributed by atoms with Crippen molar-refractivity contribution in [3.8, 4) is 0 Å². The predicted molar refractivity (Wildman–Crippen MR) is 137 cm³/mol. The molecular formula is C29H36FN3O2. The Morgan fingerprint density at radius 3 is 2.14 bits per heavy atom. The fraction of sp³-hybridized carbons (Fsp3) is 0.379. The second kappa shape index (κ2) is 12.3. The Morgan fingerprint density at radius 1 is 0.829 bits per heavy atom. The summed E-state index contributed by atoms with van der Waals surface area (Å²) in [6.07, 6.45) is 1.97. The monoisotopic (exact) mass is 477 g/mol. The van der Waals surface area contributed by atoms with Gasteiger partial charge in [0.15, 0.2) is 0 Å². The number of carbonyl (C=O) groups excluding carboxylic acids is 2. The first kappa shape index (κ1) is 26.2. The average molecular weight is 478 g/mol. The summed E-state index contributed by atoms with van der Waals surface area (Å²) < 4.78 is 15.4. The highest BCUT2D eigenvalue weighted by Crippen LogP contribution is 2.15. The molecule has 0 aliphatic rings. The van der Waals surface area contributed by atoms with E-state index in [1.807, 2.05) is 67.4 Å². The van der Waals surface area contributed by atoms with Gasteiger partial charge in [0.25, 0.3) is 0 Å². The minimum absolute atomic E-state index is 0.00797. The molecule has 35 heavy (non-hydrogen) atoms. The van der Waals surface area contributed by atoms with Crippen LogP contribution >= 0.6 is 0 Å². The van der Waals surface area contributed by atoms with E-state index in [4.69, 9.17) is 0 Å². The predicted octanol–water partition coefficient (Wildman–Crippen LogP) is 5.34. The minimum Gasteiger partial charge on any atom is -0.345 e. The minimum atomic E-state index is -0.261. The standard InChI is InChI=1S/C29H36FN3O2/c1-22(2)17-33(29(35)23(3)4)21-28(34)32(19-24-9-6-5-7-10-24)20-27-11-8-16-31(27)18-25-12-14-26(30)15-13-25/h5-16,22-23H,17-21H2,1-4H3. The molecule has 0 fully saturated rings. The number of aromatic nitrogens is 1. The van der Waals surface area contributed by atoms with Gasteiger partial charge in [0.1, 0.15) is 5.82 Å². The fourth-order valence-corrected chi connectivity index (χ4v) is 4.07. The fourth-order valence-electron chi connectivity index (χ4n) is 4.07. The Kier molecular flexibility index (Phi) is 9.24. The molecule has 186 valence electrons. The normalized spacial score (nSPS) is 11.2. The number of halogens is 1. The first-order valence-electron chi connectivity index (χ1n) is 12.2. The molecule has 0 N–H and O–H groups in total. The van der Waals surface area contributed by atoms with Gasteiger partial charge in [0.05, 0.1) is 13.1 Å². The maximum Gasteiger partial charge on any atom is 0.242 e. The third-order valence-corrected chi connectivity index (χ3v) is 5.83. The highest BCUT2D eigenvalue weighted by molar-refractivity contribution is 5.85. The molecule has 0 saturated carbocycles. The lowest BCUT2D eigenvalue weighted by Crippen LogP contribution is -2.45. The van der Waals surface area contributed by atoms with Crippen molar-refractivity contribution < 1.29 is 14.0 Å². The van der Waals surface area contributed by atoms with Gasteiger partial charge in [0.2, 0.25) is 11.8 Å². The van der Waals surface area contributed by atoms with Crippen molar-refractivity contribution in [1.29, 1.82) is 0 Å². The van der Waals surface area contributed by atoms with Crippen molar-refractivity contribution in [2.75, 3.05) is 13.1 Å². The molecule has 3 rings (SSSR count). The number of hydrogen-bond donors (Lipinski definition) is 0. The van der Waals surface area contributed by atoms with Crippen LogP contribution in [0, 0.1) is 17.7 Å². The van der Waals surface area contributed by atoms with Gasteiger partial charge in [-0.2, -0.15) is 0 Å². The number of hydrogen-bond acceptors (Lipinski definition) is 2. The quantitative estimate of drug-likeness (QED) is 0.374. The largest absolute Gasteiger partial charge is 0.345 e. The summed E-state index contributed by atoms with van der Waals surface area (Å²) in [6, 6.07) is 20.3. The molecule has 5 nitrogen and oxygen atoms in total. The van der Waals surface area contributed by atoms with E-state index in [1.54, 1.807) is 17.0 Å². The topological polar surface area (TPSA) is 45.6 Å². The molecule has 0 atom stereocenters. The van der Waals surface area contributed by atoms with Crippen LogP contribution in [0.25, 0.3) is 0 Å². The molecule has 0 saturated heterocycles. The lowest BCUT2D eigenvalue weighted by molar-refractivity contribution is -0.143. The number of amides is 2. The van der Waals surface area contributed by atoms with Crippen molar-refractivity contribution in [3.63, 3.8) is 0 Å². The summed E-state index contributed by atoms with van der Waals surface area (Å²) in [4.78, 5) is 29.9. The van der Waals surface area contributed by atoms with Crippen molar-refractivity contribution in [2.45, 2.75) is 47.3 Å². The SMILES string of the molecule is CC(C)CN(CC(=O)N(Cc1ccccc1)Cc1cccn1Cc1ccc(F)cc1)C(=O)C(C)C. The van der Waals surface area contributed by atoms with Gasteiger partial charge in [-0.1, -0.05) is 70.2 Å². The molecule has 6 heteroatoms. The smallest absolute Gasteiger partial charge is 0.242 e. The summed E-state index contributed by atoms with van der Waals surface area (Å²) in [5.41, 5.74) is 2.99. The summed E-state index contributed by atoms with van der Waals surface area (Å²) in [5, 5.41) is 0. The van der Waals surface area contributed by atoms with Crippen LogP contribution in [0.15, 0.2) is 72.9 Å². The van der Waals surface area contributed by atoms with Gasteiger partial charge in [-0.15, -0.1) is 0 Å². The number of rotatable bonds is 11. The lowest BCUT2D eigenvalue weighted by atomic mass is 10.1. The number of benzene rings is 2. The van der Waals surface area contributed by atoms with Crippen LogP contribution in [-0.4, -0.2) is 39.3 Å². The zero-order valence-electron chi connectivity index (χ0n) is 21.2. The maximum atomic E-state index is 13.6. The van der Waals surface area contributed by atoms with Gasteiger partial charge >= 0.3 is 0 Å². The Bertz CT molecular complexity index is 1090. The van der Waals surface area contributed by atoms with Crippen LogP contribution in [-0.2, 0) is 29.2 Å². The Hall–Kier alpha value is -3.41. The Morgan fingerprint density at radius 2 is 1.51 bits per heavy atom. The third kappa shape index (κ3) is 7.81. The molecular weight excluding hydrogens is 441 g/mol. The second-order valence-electron chi connectivity index (χ2n) is 9.76. The summed E-state index contributed by atoms with van der Waals surface area (Å²) in [5.74, 6) is -0.259. The van der Waals surface area contributed by atoms with E-state index in [-0.39, 0.29) is 36.0 Å². The van der Waals surface area contributed by atoms with Crippen LogP contribution in [0.4, 0.5) is 4.39 Å². The molecule has 2 aromatic carbocycles. The Balaban J connectivity index is 1.82. The zero-order chi connectivity index (χ0) is 25.4. The first-order chi connectivity index (χ1) is 16.7. The van der Waals surface area contributed by atoms with E-state index in [0.717, 1.165) is 16.8 Å². The number of nitrogens with zero attached hydrogens (tertiary/aromatic N) is 3. The molecule has 0 aliphatic heterocycles. The Labute approximate surface area is 208 Å².